The molecule has 1 aliphatic heterocycles. The fourth-order valence-corrected chi connectivity index (χ4v) is 2.71. The van der Waals surface area contributed by atoms with E-state index in [-0.39, 0.29) is 5.82 Å². The Bertz CT molecular complexity index is 389. The highest BCUT2D eigenvalue weighted by atomic mass is 79.9. The van der Waals surface area contributed by atoms with Crippen molar-refractivity contribution in [2.75, 3.05) is 39.8 Å². The molecule has 0 atom stereocenters. The van der Waals surface area contributed by atoms with Gasteiger partial charge in [-0.2, -0.15) is 0 Å². The van der Waals surface area contributed by atoms with Gasteiger partial charge in [0.05, 0.1) is 0 Å². The van der Waals surface area contributed by atoms with Gasteiger partial charge in [-0.3, -0.25) is 0 Å². The van der Waals surface area contributed by atoms with Gasteiger partial charge in [-0.05, 0) is 50.2 Å². The van der Waals surface area contributed by atoms with Gasteiger partial charge in [0.1, 0.15) is 5.82 Å². The van der Waals surface area contributed by atoms with E-state index in [9.17, 15) is 4.39 Å². The Kier molecular flexibility index (Phi) is 5.15. The number of rotatable bonds is 4. The number of halogens is 2. The number of benzene rings is 1. The lowest BCUT2D eigenvalue weighted by Gasteiger charge is -2.32. The van der Waals surface area contributed by atoms with Crippen LogP contribution in [0.3, 0.4) is 0 Å². The molecule has 0 unspecified atom stereocenters. The van der Waals surface area contributed by atoms with E-state index in [4.69, 9.17) is 0 Å². The zero-order chi connectivity index (χ0) is 13.0. The molecule has 0 N–H and O–H groups in total. The Morgan fingerprint density at radius 2 is 1.94 bits per heavy atom. The molecule has 1 fully saturated rings. The Labute approximate surface area is 117 Å². The average Bonchev–Trinajstić information content (AvgIpc) is 2.36. The predicted octanol–water partition coefficient (Wildman–Crippen LogP) is 2.77. The number of hydrogen-bond acceptors (Lipinski definition) is 2. The second-order valence-corrected chi connectivity index (χ2v) is 5.90. The van der Waals surface area contributed by atoms with E-state index >= 15 is 0 Å². The third kappa shape index (κ3) is 4.04. The first kappa shape index (κ1) is 14.0. The summed E-state index contributed by atoms with van der Waals surface area (Å²) in [7, 11) is 2.16. The summed E-state index contributed by atoms with van der Waals surface area (Å²) in [4.78, 5) is 4.82. The molecule has 18 heavy (non-hydrogen) atoms. The second kappa shape index (κ2) is 6.64. The minimum Gasteiger partial charge on any atom is -0.304 e. The van der Waals surface area contributed by atoms with Crippen molar-refractivity contribution in [2.45, 2.75) is 12.8 Å². The molecule has 1 saturated heterocycles. The lowest BCUT2D eigenvalue weighted by atomic mass is 10.1. The molecule has 0 saturated carbocycles. The Balaban J connectivity index is 1.76. The number of piperazine rings is 1. The van der Waals surface area contributed by atoms with Gasteiger partial charge in [-0.25, -0.2) is 4.39 Å². The SMILES string of the molecule is CN1CCN(CCCc2cc(Br)ccc2F)CC1. The lowest BCUT2D eigenvalue weighted by molar-refractivity contribution is 0.153. The van der Waals surface area contributed by atoms with Crippen LogP contribution in [0.1, 0.15) is 12.0 Å². The minimum absolute atomic E-state index is 0.0865. The first-order valence-electron chi connectivity index (χ1n) is 6.50. The fourth-order valence-electron chi connectivity index (χ4n) is 2.30. The van der Waals surface area contributed by atoms with E-state index < -0.39 is 0 Å². The van der Waals surface area contributed by atoms with Gasteiger partial charge in [-0.15, -0.1) is 0 Å². The van der Waals surface area contributed by atoms with Crippen LogP contribution in [0.4, 0.5) is 4.39 Å². The number of likely N-dealkylation sites (N-methyl/N-ethyl adjacent to an activating group) is 1. The van der Waals surface area contributed by atoms with Gasteiger partial charge in [0.2, 0.25) is 0 Å². The summed E-state index contributed by atoms with van der Waals surface area (Å²) in [6.45, 7) is 5.63. The van der Waals surface area contributed by atoms with Crippen molar-refractivity contribution in [3.05, 3.63) is 34.1 Å². The summed E-state index contributed by atoms with van der Waals surface area (Å²) in [6, 6.07) is 5.17. The summed E-state index contributed by atoms with van der Waals surface area (Å²) < 4.78 is 14.5. The predicted molar refractivity (Wildman–Crippen MR) is 76.4 cm³/mol. The summed E-state index contributed by atoms with van der Waals surface area (Å²) in [6.07, 6.45) is 1.84. The second-order valence-electron chi connectivity index (χ2n) is 4.98. The highest BCUT2D eigenvalue weighted by Crippen LogP contribution is 2.17. The molecular weight excluding hydrogens is 295 g/mol. The van der Waals surface area contributed by atoms with Crippen LogP contribution < -0.4 is 0 Å². The molecule has 0 amide bonds. The third-order valence-electron chi connectivity index (χ3n) is 3.52. The Hall–Kier alpha value is -0.450. The summed E-state index contributed by atoms with van der Waals surface area (Å²) in [5, 5.41) is 0. The van der Waals surface area contributed by atoms with Crippen LogP contribution in [0.25, 0.3) is 0 Å². The molecule has 0 spiro atoms. The molecule has 1 aromatic carbocycles. The van der Waals surface area contributed by atoms with Gasteiger partial charge in [0.25, 0.3) is 0 Å². The Morgan fingerprint density at radius 1 is 1.22 bits per heavy atom. The highest BCUT2D eigenvalue weighted by Gasteiger charge is 2.13. The van der Waals surface area contributed by atoms with Crippen LogP contribution in [-0.2, 0) is 6.42 Å². The quantitative estimate of drug-likeness (QED) is 0.843. The van der Waals surface area contributed by atoms with E-state index in [0.29, 0.717) is 0 Å². The molecular formula is C14H20BrFN2. The largest absolute Gasteiger partial charge is 0.304 e. The van der Waals surface area contributed by atoms with Crippen LogP contribution in [0.15, 0.2) is 22.7 Å². The first-order valence-corrected chi connectivity index (χ1v) is 7.29. The van der Waals surface area contributed by atoms with E-state index in [1.807, 2.05) is 6.07 Å². The van der Waals surface area contributed by atoms with Gasteiger partial charge < -0.3 is 9.80 Å². The summed E-state index contributed by atoms with van der Waals surface area (Å²) in [5.74, 6) is -0.0865. The molecule has 0 radical (unpaired) electrons. The summed E-state index contributed by atoms with van der Waals surface area (Å²) in [5.41, 5.74) is 0.818. The maximum absolute atomic E-state index is 13.5. The van der Waals surface area contributed by atoms with Crippen molar-refractivity contribution < 1.29 is 4.39 Å². The molecule has 0 aliphatic carbocycles. The zero-order valence-corrected chi connectivity index (χ0v) is 12.4. The molecule has 100 valence electrons. The molecule has 0 bridgehead atoms. The topological polar surface area (TPSA) is 6.48 Å². The molecule has 2 nitrogen and oxygen atoms in total. The van der Waals surface area contributed by atoms with E-state index in [0.717, 1.165) is 55.6 Å². The molecule has 2 rings (SSSR count). The third-order valence-corrected chi connectivity index (χ3v) is 4.02. The van der Waals surface area contributed by atoms with E-state index in [1.54, 1.807) is 6.07 Å². The van der Waals surface area contributed by atoms with Crippen molar-refractivity contribution >= 4 is 15.9 Å². The van der Waals surface area contributed by atoms with Crippen molar-refractivity contribution in [1.82, 2.24) is 9.80 Å². The van der Waals surface area contributed by atoms with Gasteiger partial charge in [0.15, 0.2) is 0 Å². The van der Waals surface area contributed by atoms with Crippen LogP contribution in [-0.4, -0.2) is 49.6 Å². The number of aryl methyl sites for hydroxylation is 1. The standard InChI is InChI=1S/C14H20BrFN2/c1-17-7-9-18(10-8-17)6-2-3-12-11-13(15)4-5-14(12)16/h4-5,11H,2-3,6-10H2,1H3. The van der Waals surface area contributed by atoms with Gasteiger partial charge in [0, 0.05) is 30.7 Å². The monoisotopic (exact) mass is 314 g/mol. The highest BCUT2D eigenvalue weighted by molar-refractivity contribution is 9.10. The summed E-state index contributed by atoms with van der Waals surface area (Å²) >= 11 is 3.39. The van der Waals surface area contributed by atoms with Crippen LogP contribution >= 0.6 is 15.9 Å². The first-order chi connectivity index (χ1) is 8.65. The van der Waals surface area contributed by atoms with E-state index in [2.05, 4.69) is 32.8 Å². The van der Waals surface area contributed by atoms with Gasteiger partial charge >= 0.3 is 0 Å². The number of nitrogens with zero attached hydrogens (tertiary/aromatic N) is 2. The van der Waals surface area contributed by atoms with Crippen molar-refractivity contribution in [3.63, 3.8) is 0 Å². The molecule has 4 heteroatoms. The molecule has 1 aromatic rings. The molecule has 0 aromatic heterocycles. The average molecular weight is 315 g/mol. The molecule has 1 aliphatic rings. The zero-order valence-electron chi connectivity index (χ0n) is 10.8. The minimum atomic E-state index is -0.0865. The fraction of sp³-hybridized carbons (Fsp3) is 0.571. The maximum Gasteiger partial charge on any atom is 0.126 e. The smallest absolute Gasteiger partial charge is 0.126 e. The van der Waals surface area contributed by atoms with Crippen LogP contribution in [0, 0.1) is 5.82 Å². The van der Waals surface area contributed by atoms with Crippen molar-refractivity contribution in [3.8, 4) is 0 Å². The van der Waals surface area contributed by atoms with E-state index in [1.165, 1.54) is 6.07 Å². The Morgan fingerprint density at radius 3 is 2.67 bits per heavy atom. The normalized spacial score (nSPS) is 18.2. The maximum atomic E-state index is 13.5. The van der Waals surface area contributed by atoms with Crippen LogP contribution in [0.5, 0.6) is 0 Å². The van der Waals surface area contributed by atoms with Crippen molar-refractivity contribution in [1.29, 1.82) is 0 Å². The molecule has 1 heterocycles. The van der Waals surface area contributed by atoms with Crippen molar-refractivity contribution in [2.24, 2.45) is 0 Å². The lowest BCUT2D eigenvalue weighted by Crippen LogP contribution is -2.44. The number of hydrogen-bond donors (Lipinski definition) is 0. The van der Waals surface area contributed by atoms with Crippen LogP contribution in [0.2, 0.25) is 0 Å². The van der Waals surface area contributed by atoms with Gasteiger partial charge in [-0.1, -0.05) is 15.9 Å².